The maximum absolute atomic E-state index is 10.8. The second-order valence-electron chi connectivity index (χ2n) is 6.66. The smallest absolute Gasteiger partial charge is 0.169 e. The van der Waals surface area contributed by atoms with Crippen molar-refractivity contribution >= 4 is 45.4 Å². The third kappa shape index (κ3) is 7.73. The molecule has 0 aliphatic carbocycles. The van der Waals surface area contributed by atoms with Gasteiger partial charge >= 0.3 is 0 Å². The van der Waals surface area contributed by atoms with E-state index in [9.17, 15) is 9.90 Å². The molecule has 3 aromatic rings. The molecule has 0 saturated carbocycles. The van der Waals surface area contributed by atoms with E-state index in [1.165, 1.54) is 4.57 Å². The lowest BCUT2D eigenvalue weighted by molar-refractivity contribution is 0.111. The van der Waals surface area contributed by atoms with Crippen LogP contribution in [0.5, 0.6) is 0 Å². The summed E-state index contributed by atoms with van der Waals surface area (Å²) in [5.41, 5.74) is 0.855. The number of H-pyrrole nitrogens is 1. The summed E-state index contributed by atoms with van der Waals surface area (Å²) in [6.07, 6.45) is -2.46. The third-order valence-electron chi connectivity index (χ3n) is 4.18. The molecule has 32 heavy (non-hydrogen) atoms. The summed E-state index contributed by atoms with van der Waals surface area (Å²) in [7, 11) is 0. The van der Waals surface area contributed by atoms with E-state index in [4.69, 9.17) is 31.4 Å². The first kappa shape index (κ1) is 18.7. The van der Waals surface area contributed by atoms with Crippen LogP contribution in [0.1, 0.15) is 81.1 Å². The Balaban J connectivity index is 0.000000293. The van der Waals surface area contributed by atoms with Crippen molar-refractivity contribution in [2.75, 3.05) is 0 Å². The molecule has 1 atom stereocenters. The average molecular weight is 550 g/mol. The van der Waals surface area contributed by atoms with Gasteiger partial charge in [-0.15, -0.1) is 0 Å². The number of aromatic amines is 1. The van der Waals surface area contributed by atoms with Crippen LogP contribution in [0.3, 0.4) is 0 Å². The molecule has 0 bridgehead atoms. The quantitative estimate of drug-likeness (QED) is 0.286. The van der Waals surface area contributed by atoms with E-state index >= 15 is 0 Å². The number of nitrogens with one attached hydrogen (secondary N) is 1. The fourth-order valence-electron chi connectivity index (χ4n) is 2.61. The lowest BCUT2D eigenvalue weighted by atomic mass is 10.2. The van der Waals surface area contributed by atoms with Crippen LogP contribution in [0.4, 0.5) is 0 Å². The number of hydrogen-bond acceptors (Lipinski definition) is 4. The van der Waals surface area contributed by atoms with Crippen LogP contribution in [-0.2, 0) is 25.9 Å². The number of aliphatic hydroxyl groups is 1. The van der Waals surface area contributed by atoms with Gasteiger partial charge in [0.05, 0.1) is 13.6 Å². The minimum Gasteiger partial charge on any atom is -0.390 e. The van der Waals surface area contributed by atoms with Gasteiger partial charge in [-0.3, -0.25) is 4.79 Å². The first-order valence-electron chi connectivity index (χ1n) is 13.1. The van der Waals surface area contributed by atoms with Crippen molar-refractivity contribution in [1.82, 2.24) is 19.5 Å². The number of aryl methyl sites for hydroxylation is 2. The van der Waals surface area contributed by atoms with Crippen molar-refractivity contribution in [3.63, 3.8) is 0 Å². The van der Waals surface area contributed by atoms with Crippen molar-refractivity contribution in [3.8, 4) is 0 Å². The second kappa shape index (κ2) is 13.8. The van der Waals surface area contributed by atoms with Crippen molar-refractivity contribution in [2.24, 2.45) is 0 Å². The van der Waals surface area contributed by atoms with E-state index in [1.54, 1.807) is 0 Å². The van der Waals surface area contributed by atoms with Crippen LogP contribution in [0.15, 0.2) is 28.7 Å². The molecule has 0 spiro atoms. The van der Waals surface area contributed by atoms with Gasteiger partial charge in [0, 0.05) is 29.2 Å². The zero-order chi connectivity index (χ0) is 28.8. The summed E-state index contributed by atoms with van der Waals surface area (Å²) >= 11 is 15.0. The number of halogens is 3. The minimum atomic E-state index is -1.68. The molecule has 2 heterocycles. The minimum absolute atomic E-state index is 0.00458. The van der Waals surface area contributed by atoms with Gasteiger partial charge in [0.25, 0.3) is 0 Å². The maximum Gasteiger partial charge on any atom is 0.169 e. The molecule has 6 nitrogen and oxygen atoms in total. The molecule has 2 aromatic heterocycles. The molecule has 174 valence electrons. The Hall–Kier alpha value is -1.67. The SMILES string of the molecule is [2H]C(=O)c1[nH]c(C([2H])([2H])CCC)nc1Cl.[2H]C(O)c1c(Cl)nc(C([2H])([2H])CCC)n1Cc1ccc(Br)cc1. The van der Waals surface area contributed by atoms with Gasteiger partial charge in [-0.25, -0.2) is 9.97 Å². The zero-order valence-corrected chi connectivity index (χ0v) is 20.9. The number of aromatic nitrogens is 4. The largest absolute Gasteiger partial charge is 0.390 e. The number of rotatable bonds is 10. The number of aldehydes is 1. The highest BCUT2D eigenvalue weighted by Crippen LogP contribution is 2.21. The van der Waals surface area contributed by atoms with E-state index in [2.05, 4.69) is 30.9 Å². The van der Waals surface area contributed by atoms with E-state index in [0.29, 0.717) is 12.8 Å². The van der Waals surface area contributed by atoms with E-state index < -0.39 is 25.6 Å². The Labute approximate surface area is 215 Å². The standard InChI is InChI=1S/C15H18BrClN2O.C8H11ClN2O/c1-2-3-4-14-18-15(17)13(10-20)19(14)9-11-5-7-12(16)8-6-11;1-2-3-4-7-10-6(5-12)8(9)11-7/h5-8,20H,2-4,9-10H2,1H3;5H,2-4H2,1H3,(H,10,11)/i4D2,10D;4D2,5D. The van der Waals surface area contributed by atoms with Crippen LogP contribution in [0.2, 0.25) is 10.3 Å². The van der Waals surface area contributed by atoms with E-state index in [1.807, 2.05) is 38.1 Å². The number of carbonyl (C=O) groups excluding carboxylic acids is 1. The molecule has 0 amide bonds. The van der Waals surface area contributed by atoms with Gasteiger partial charge in [0.15, 0.2) is 16.6 Å². The predicted molar refractivity (Wildman–Crippen MR) is 133 cm³/mol. The Bertz CT molecular complexity index is 1240. The first-order valence-corrected chi connectivity index (χ1v) is 11.6. The molecule has 3 rings (SSSR count). The molecule has 1 aromatic carbocycles. The predicted octanol–water partition coefficient (Wildman–Crippen LogP) is 6.40. The first-order chi connectivity index (χ1) is 17.6. The van der Waals surface area contributed by atoms with Crippen molar-refractivity contribution in [1.29, 1.82) is 0 Å². The second-order valence-corrected chi connectivity index (χ2v) is 8.29. The molecule has 9 heteroatoms. The number of nitrogens with zero attached hydrogens (tertiary/aromatic N) is 3. The monoisotopic (exact) mass is 548 g/mol. The van der Waals surface area contributed by atoms with Crippen molar-refractivity contribution < 1.29 is 18.1 Å². The Morgan fingerprint density at radius 1 is 1.16 bits per heavy atom. The number of hydrogen-bond donors (Lipinski definition) is 2. The van der Waals surface area contributed by atoms with Crippen LogP contribution < -0.4 is 0 Å². The normalized spacial score (nSPS) is 15.3. The topological polar surface area (TPSA) is 83.8 Å². The molecule has 0 aliphatic heterocycles. The number of aliphatic hydroxyl groups excluding tert-OH is 1. The molecular weight excluding hydrogens is 515 g/mol. The molecule has 1 unspecified atom stereocenters. The third-order valence-corrected chi connectivity index (χ3v) is 5.26. The molecule has 0 radical (unpaired) electrons. The number of imidazole rings is 2. The van der Waals surface area contributed by atoms with Crippen LogP contribution in [-0.4, -0.2) is 30.9 Å². The summed E-state index contributed by atoms with van der Waals surface area (Å²) in [4.78, 5) is 21.0. The summed E-state index contributed by atoms with van der Waals surface area (Å²) < 4.78 is 48.7. The number of carbonyl (C=O) groups is 1. The Morgan fingerprint density at radius 2 is 1.81 bits per heavy atom. The highest BCUT2D eigenvalue weighted by Gasteiger charge is 2.15. The summed E-state index contributed by atoms with van der Waals surface area (Å²) in [5.74, 6) is 0.151. The average Bonchev–Trinajstić information content (AvgIpc) is 3.37. The Morgan fingerprint density at radius 3 is 2.38 bits per heavy atom. The van der Waals surface area contributed by atoms with Gasteiger partial charge in [0.1, 0.15) is 18.7 Å². The zero-order valence-electron chi connectivity index (χ0n) is 23.8. The van der Waals surface area contributed by atoms with Crippen LogP contribution in [0.25, 0.3) is 0 Å². The summed E-state index contributed by atoms with van der Waals surface area (Å²) in [6.45, 7) is 2.45. The molecule has 2 N–H and O–H groups in total. The highest BCUT2D eigenvalue weighted by atomic mass is 79.9. The fraction of sp³-hybridized carbons (Fsp3) is 0.435. The number of benzene rings is 1. The lowest BCUT2D eigenvalue weighted by Gasteiger charge is -2.11. The van der Waals surface area contributed by atoms with Gasteiger partial charge in [-0.1, -0.05) is 78.0 Å². The van der Waals surface area contributed by atoms with Gasteiger partial charge in [-0.2, -0.15) is 0 Å². The highest BCUT2D eigenvalue weighted by molar-refractivity contribution is 9.10. The van der Waals surface area contributed by atoms with Gasteiger partial charge in [-0.05, 0) is 30.5 Å². The van der Waals surface area contributed by atoms with Crippen LogP contribution >= 0.6 is 39.1 Å². The van der Waals surface area contributed by atoms with Crippen LogP contribution in [0, 0.1) is 0 Å². The van der Waals surface area contributed by atoms with E-state index in [0.717, 1.165) is 10.0 Å². The molecule has 0 aliphatic rings. The van der Waals surface area contributed by atoms with Gasteiger partial charge < -0.3 is 14.7 Å². The maximum atomic E-state index is 10.8. The summed E-state index contributed by atoms with van der Waals surface area (Å²) in [5, 5.41) is 9.53. The molecule has 0 saturated heterocycles. The Kier molecular flexibility index (Phi) is 8.06. The molecular formula is C23H29BrCl2N4O2. The van der Waals surface area contributed by atoms with Crippen molar-refractivity contribution in [2.45, 2.75) is 65.4 Å². The fourth-order valence-corrected chi connectivity index (χ4v) is 3.28. The lowest BCUT2D eigenvalue weighted by Crippen LogP contribution is -2.09. The van der Waals surface area contributed by atoms with Gasteiger partial charge in [0.2, 0.25) is 0 Å². The van der Waals surface area contributed by atoms with E-state index in [-0.39, 0.29) is 52.7 Å². The molecule has 0 fully saturated rings. The van der Waals surface area contributed by atoms with Crippen molar-refractivity contribution in [3.05, 3.63) is 67.6 Å². The summed E-state index contributed by atoms with van der Waals surface area (Å²) in [6, 6.07) is 7.53.